The third kappa shape index (κ3) is 5.96. The Kier molecular flexibility index (Phi) is 8.21. The molecule has 2 heterocycles. The Morgan fingerprint density at radius 1 is 1.04 bits per heavy atom. The molecule has 3 rings (SSSR count). The lowest BCUT2D eigenvalue weighted by molar-refractivity contribution is -0.138. The van der Waals surface area contributed by atoms with Crippen LogP contribution in [0.4, 0.5) is 0 Å². The Labute approximate surface area is 155 Å². The predicted octanol–water partition coefficient (Wildman–Crippen LogP) is 3.80. The number of hydrogen-bond donors (Lipinski definition) is 0. The van der Waals surface area contributed by atoms with Crippen LogP contribution in [0.15, 0.2) is 0 Å². The van der Waals surface area contributed by atoms with Crippen LogP contribution in [0, 0.1) is 17.3 Å². The molecular weight excluding hydrogens is 312 g/mol. The second-order valence-corrected chi connectivity index (χ2v) is 8.20. The van der Waals surface area contributed by atoms with Gasteiger partial charge in [0.15, 0.2) is 0 Å². The molecule has 25 heavy (non-hydrogen) atoms. The van der Waals surface area contributed by atoms with Crippen LogP contribution in [0.25, 0.3) is 0 Å². The second-order valence-electron chi connectivity index (χ2n) is 8.20. The van der Waals surface area contributed by atoms with E-state index in [9.17, 15) is 4.79 Å². The van der Waals surface area contributed by atoms with E-state index in [2.05, 4.69) is 23.6 Å². The molecular formula is C21H40N2O2. The highest BCUT2D eigenvalue weighted by molar-refractivity contribution is 5.79. The van der Waals surface area contributed by atoms with Crippen LogP contribution in [-0.2, 0) is 9.53 Å². The largest absolute Gasteiger partial charge is 0.381 e. The molecule has 0 bridgehead atoms. The van der Waals surface area contributed by atoms with Crippen molar-refractivity contribution in [1.82, 2.24) is 9.80 Å². The van der Waals surface area contributed by atoms with E-state index in [1.54, 1.807) is 0 Å². The highest BCUT2D eigenvalue weighted by Gasteiger charge is 2.44. The maximum absolute atomic E-state index is 12.7. The lowest BCUT2D eigenvalue weighted by atomic mass is 9.92. The standard InChI is InChI=1S/C19H34N2O2.C2H6/c1-3-23-15-19(8-9-19)14-20-10-6-17(7-11-20)18(22)21-12-4-16(2)5-13-21;1-2/h16-17H,3-15H2,1-2H3;1-2H3. The first-order chi connectivity index (χ1) is 12.1. The zero-order valence-corrected chi connectivity index (χ0v) is 17.1. The molecule has 4 nitrogen and oxygen atoms in total. The molecule has 0 radical (unpaired) electrons. The molecule has 1 saturated carbocycles. The number of ether oxygens (including phenoxy) is 1. The number of piperidine rings is 2. The number of nitrogens with zero attached hydrogens (tertiary/aromatic N) is 2. The number of hydrogen-bond acceptors (Lipinski definition) is 3. The van der Waals surface area contributed by atoms with Crippen LogP contribution >= 0.6 is 0 Å². The van der Waals surface area contributed by atoms with Gasteiger partial charge in [0, 0.05) is 37.6 Å². The first-order valence-corrected chi connectivity index (χ1v) is 10.7. The molecule has 0 spiro atoms. The summed E-state index contributed by atoms with van der Waals surface area (Å²) in [6, 6.07) is 0. The van der Waals surface area contributed by atoms with Crippen molar-refractivity contribution >= 4 is 5.91 Å². The molecule has 0 aromatic rings. The van der Waals surface area contributed by atoms with Gasteiger partial charge in [-0.1, -0.05) is 20.8 Å². The van der Waals surface area contributed by atoms with Crippen LogP contribution in [-0.4, -0.2) is 61.6 Å². The van der Waals surface area contributed by atoms with E-state index >= 15 is 0 Å². The van der Waals surface area contributed by atoms with E-state index in [1.165, 1.54) is 32.2 Å². The molecule has 4 heteroatoms. The zero-order chi connectivity index (χ0) is 18.3. The number of amides is 1. The molecule has 0 aromatic carbocycles. The van der Waals surface area contributed by atoms with Crippen molar-refractivity contribution in [2.24, 2.45) is 17.3 Å². The minimum Gasteiger partial charge on any atom is -0.381 e. The van der Waals surface area contributed by atoms with Gasteiger partial charge in [-0.25, -0.2) is 0 Å². The van der Waals surface area contributed by atoms with E-state index in [1.807, 2.05) is 13.8 Å². The lowest BCUT2D eigenvalue weighted by Gasteiger charge is -2.37. The van der Waals surface area contributed by atoms with Gasteiger partial charge in [0.2, 0.25) is 5.91 Å². The summed E-state index contributed by atoms with van der Waals surface area (Å²) >= 11 is 0. The van der Waals surface area contributed by atoms with Gasteiger partial charge < -0.3 is 14.5 Å². The smallest absolute Gasteiger partial charge is 0.225 e. The van der Waals surface area contributed by atoms with Crippen LogP contribution in [0.1, 0.15) is 66.2 Å². The Bertz CT molecular complexity index is 393. The fourth-order valence-electron chi connectivity index (χ4n) is 4.14. The normalized spacial score (nSPS) is 24.6. The van der Waals surface area contributed by atoms with Crippen molar-refractivity contribution in [2.75, 3.05) is 45.9 Å². The third-order valence-electron chi connectivity index (χ3n) is 6.16. The van der Waals surface area contributed by atoms with E-state index in [4.69, 9.17) is 4.74 Å². The Balaban J connectivity index is 0.00000109. The Hall–Kier alpha value is -0.610. The van der Waals surface area contributed by atoms with Gasteiger partial charge >= 0.3 is 0 Å². The molecule has 146 valence electrons. The Morgan fingerprint density at radius 2 is 1.64 bits per heavy atom. The van der Waals surface area contributed by atoms with Crippen molar-refractivity contribution in [3.05, 3.63) is 0 Å². The number of carbonyl (C=O) groups is 1. The average molecular weight is 353 g/mol. The summed E-state index contributed by atoms with van der Waals surface area (Å²) in [5.41, 5.74) is 0.440. The van der Waals surface area contributed by atoms with Gasteiger partial charge in [0.1, 0.15) is 0 Å². The lowest BCUT2D eigenvalue weighted by Crippen LogP contribution is -2.46. The van der Waals surface area contributed by atoms with Crippen LogP contribution in [0.3, 0.4) is 0 Å². The first-order valence-electron chi connectivity index (χ1n) is 10.7. The molecule has 0 aromatic heterocycles. The number of likely N-dealkylation sites (tertiary alicyclic amines) is 2. The number of rotatable bonds is 6. The van der Waals surface area contributed by atoms with Gasteiger partial charge in [-0.3, -0.25) is 4.79 Å². The quantitative estimate of drug-likeness (QED) is 0.729. The fourth-order valence-corrected chi connectivity index (χ4v) is 4.14. The van der Waals surface area contributed by atoms with E-state index in [-0.39, 0.29) is 5.92 Å². The Morgan fingerprint density at radius 3 is 2.16 bits per heavy atom. The van der Waals surface area contributed by atoms with Crippen LogP contribution in [0.2, 0.25) is 0 Å². The van der Waals surface area contributed by atoms with Gasteiger partial charge in [-0.15, -0.1) is 0 Å². The van der Waals surface area contributed by atoms with Crippen molar-refractivity contribution < 1.29 is 9.53 Å². The average Bonchev–Trinajstić information content (AvgIpc) is 3.42. The second kappa shape index (κ2) is 9.91. The zero-order valence-electron chi connectivity index (χ0n) is 17.1. The maximum atomic E-state index is 12.7. The number of carbonyl (C=O) groups excluding carboxylic acids is 1. The van der Waals surface area contributed by atoms with Crippen LogP contribution < -0.4 is 0 Å². The molecule has 2 saturated heterocycles. The van der Waals surface area contributed by atoms with E-state index in [0.717, 1.165) is 58.2 Å². The van der Waals surface area contributed by atoms with Gasteiger partial charge in [0.05, 0.1) is 6.61 Å². The molecule has 0 unspecified atom stereocenters. The molecule has 3 fully saturated rings. The molecule has 1 amide bonds. The highest BCUT2D eigenvalue weighted by atomic mass is 16.5. The van der Waals surface area contributed by atoms with Gasteiger partial charge in [-0.05, 0) is 64.5 Å². The van der Waals surface area contributed by atoms with Crippen molar-refractivity contribution in [3.8, 4) is 0 Å². The fraction of sp³-hybridized carbons (Fsp3) is 0.952. The molecule has 2 aliphatic heterocycles. The molecule has 3 aliphatic rings. The SMILES string of the molecule is CC.CCOCC1(CN2CCC(C(=O)N3CCC(C)CC3)CC2)CC1. The van der Waals surface area contributed by atoms with Crippen LogP contribution in [0.5, 0.6) is 0 Å². The van der Waals surface area contributed by atoms with Crippen molar-refractivity contribution in [3.63, 3.8) is 0 Å². The minimum absolute atomic E-state index is 0.279. The third-order valence-corrected chi connectivity index (χ3v) is 6.16. The summed E-state index contributed by atoms with van der Waals surface area (Å²) in [5, 5.41) is 0. The summed E-state index contributed by atoms with van der Waals surface area (Å²) < 4.78 is 5.66. The maximum Gasteiger partial charge on any atom is 0.225 e. The highest BCUT2D eigenvalue weighted by Crippen LogP contribution is 2.46. The topological polar surface area (TPSA) is 32.8 Å². The van der Waals surface area contributed by atoms with E-state index < -0.39 is 0 Å². The predicted molar refractivity (Wildman–Crippen MR) is 104 cm³/mol. The molecule has 1 aliphatic carbocycles. The summed E-state index contributed by atoms with van der Waals surface area (Å²) in [4.78, 5) is 17.4. The van der Waals surface area contributed by atoms with Crippen molar-refractivity contribution in [1.29, 1.82) is 0 Å². The minimum atomic E-state index is 0.279. The van der Waals surface area contributed by atoms with Gasteiger partial charge in [0.25, 0.3) is 0 Å². The van der Waals surface area contributed by atoms with Crippen molar-refractivity contribution in [2.45, 2.75) is 66.2 Å². The molecule has 0 N–H and O–H groups in total. The summed E-state index contributed by atoms with van der Waals surface area (Å²) in [7, 11) is 0. The first kappa shape index (κ1) is 20.7. The summed E-state index contributed by atoms with van der Waals surface area (Å²) in [6.45, 7) is 15.5. The molecule has 0 atom stereocenters. The van der Waals surface area contributed by atoms with E-state index in [0.29, 0.717) is 11.3 Å². The van der Waals surface area contributed by atoms with Gasteiger partial charge in [-0.2, -0.15) is 0 Å². The monoisotopic (exact) mass is 352 g/mol. The summed E-state index contributed by atoms with van der Waals surface area (Å²) in [5.74, 6) is 1.51. The summed E-state index contributed by atoms with van der Waals surface area (Å²) in [6.07, 6.45) is 7.11.